The van der Waals surface area contributed by atoms with Gasteiger partial charge in [0.15, 0.2) is 0 Å². The van der Waals surface area contributed by atoms with Crippen LogP contribution in [0.15, 0.2) is 35.9 Å². The van der Waals surface area contributed by atoms with Gasteiger partial charge in [-0.2, -0.15) is 0 Å². The molecule has 0 spiro atoms. The minimum Gasteiger partial charge on any atom is -0.481 e. The lowest BCUT2D eigenvalue weighted by atomic mass is 9.60. The van der Waals surface area contributed by atoms with E-state index in [0.717, 1.165) is 27.5 Å². The van der Waals surface area contributed by atoms with Gasteiger partial charge in [-0.1, -0.05) is 57.2 Å². The molecule has 154 valence electrons. The predicted octanol–water partition coefficient (Wildman–Crippen LogP) is 5.84. The largest absolute Gasteiger partial charge is 0.481 e. The first-order chi connectivity index (χ1) is 13.2. The molecule has 1 aliphatic carbocycles. The first kappa shape index (κ1) is 21.1. The molecule has 2 aromatic rings. The summed E-state index contributed by atoms with van der Waals surface area (Å²) in [5.74, 6) is -2.45. The van der Waals surface area contributed by atoms with Crippen LogP contribution in [0.25, 0.3) is 16.8 Å². The zero-order chi connectivity index (χ0) is 21.9. The second-order valence-corrected chi connectivity index (χ2v) is 10.2. The highest BCUT2D eigenvalue weighted by atomic mass is 16.4. The first-order valence-corrected chi connectivity index (χ1v) is 9.95. The molecular formula is C25H30O4. The normalized spacial score (nSPS) is 17.2. The van der Waals surface area contributed by atoms with Crippen molar-refractivity contribution in [3.05, 3.63) is 52.6 Å². The third-order valence-electron chi connectivity index (χ3n) is 6.38. The highest BCUT2D eigenvalue weighted by molar-refractivity contribution is 6.00. The van der Waals surface area contributed by atoms with E-state index in [2.05, 4.69) is 32.9 Å². The first-order valence-electron chi connectivity index (χ1n) is 9.95. The molecule has 0 fully saturated rings. The summed E-state index contributed by atoms with van der Waals surface area (Å²) in [5.41, 5.74) is 1.15. The minimum atomic E-state index is -1.21. The molecule has 1 unspecified atom stereocenters. The molecule has 0 radical (unpaired) electrons. The van der Waals surface area contributed by atoms with E-state index >= 15 is 0 Å². The minimum absolute atomic E-state index is 0.138. The lowest BCUT2D eigenvalue weighted by Crippen LogP contribution is -2.39. The average Bonchev–Trinajstić information content (AvgIpc) is 2.60. The van der Waals surface area contributed by atoms with Gasteiger partial charge in [0.2, 0.25) is 0 Å². The predicted molar refractivity (Wildman–Crippen MR) is 116 cm³/mol. The monoisotopic (exact) mass is 394 g/mol. The maximum Gasteiger partial charge on any atom is 0.313 e. The molecule has 0 aromatic heterocycles. The number of carboxylic acids is 2. The van der Waals surface area contributed by atoms with E-state index < -0.39 is 28.7 Å². The third-order valence-corrected chi connectivity index (χ3v) is 6.38. The van der Waals surface area contributed by atoms with Gasteiger partial charge in [0.05, 0.1) is 10.8 Å². The van der Waals surface area contributed by atoms with Crippen molar-refractivity contribution in [2.75, 3.05) is 0 Å². The molecule has 29 heavy (non-hydrogen) atoms. The summed E-state index contributed by atoms with van der Waals surface area (Å²) in [4.78, 5) is 24.5. The molecule has 2 N–H and O–H groups in total. The Kier molecular flexibility index (Phi) is 4.69. The van der Waals surface area contributed by atoms with E-state index in [1.54, 1.807) is 27.7 Å². The van der Waals surface area contributed by atoms with Crippen LogP contribution < -0.4 is 0 Å². The van der Waals surface area contributed by atoms with Crippen molar-refractivity contribution < 1.29 is 19.8 Å². The quantitative estimate of drug-likeness (QED) is 0.683. The van der Waals surface area contributed by atoms with Gasteiger partial charge in [-0.25, -0.2) is 0 Å². The number of hydrogen-bond acceptors (Lipinski definition) is 2. The Morgan fingerprint density at radius 2 is 1.48 bits per heavy atom. The summed E-state index contributed by atoms with van der Waals surface area (Å²) < 4.78 is 0. The molecule has 3 rings (SSSR count). The Bertz CT molecular complexity index is 1050. The lowest BCUT2D eigenvalue weighted by molar-refractivity contribution is -0.150. The molecular weight excluding hydrogens is 364 g/mol. The summed E-state index contributed by atoms with van der Waals surface area (Å²) in [6, 6.07) is 10.1. The molecule has 0 saturated heterocycles. The molecule has 0 aliphatic heterocycles. The number of hydrogen-bond donors (Lipinski definition) is 2. The molecule has 0 heterocycles. The second kappa shape index (κ2) is 6.45. The number of aliphatic carboxylic acids is 2. The Hall–Kier alpha value is -2.62. The number of carbonyl (C=O) groups is 2. The molecule has 0 bridgehead atoms. The summed E-state index contributed by atoms with van der Waals surface area (Å²) in [6.07, 6.45) is 1.96. The smallest absolute Gasteiger partial charge is 0.313 e. The molecule has 1 aliphatic rings. The summed E-state index contributed by atoms with van der Waals surface area (Å²) in [5, 5.41) is 22.1. The van der Waals surface area contributed by atoms with E-state index in [4.69, 9.17) is 0 Å². The summed E-state index contributed by atoms with van der Waals surface area (Å²) in [7, 11) is 0. The fourth-order valence-electron chi connectivity index (χ4n) is 4.45. The van der Waals surface area contributed by atoms with Crippen LogP contribution in [0.5, 0.6) is 0 Å². The standard InChI is InChI=1S/C25H30O4/c1-23(2,3)17-12-11-14-9-8-10-15-19(14)16(17)13-18(24(4,5)21(26)27)20(15)25(6,7)22(28)29/h8-13,20H,1-7H3,(H,26,27)(H,28,29). The van der Waals surface area contributed by atoms with Crippen LogP contribution in [-0.4, -0.2) is 22.2 Å². The Morgan fingerprint density at radius 1 is 0.862 bits per heavy atom. The van der Waals surface area contributed by atoms with E-state index in [9.17, 15) is 19.8 Å². The Labute approximate surface area is 172 Å². The molecule has 1 atom stereocenters. The SMILES string of the molecule is CC(C)(C(=O)O)C1=Cc2c(C(C)(C)C)ccc3cccc(c23)C1C(C)(C)C(=O)O. The van der Waals surface area contributed by atoms with Gasteiger partial charge < -0.3 is 10.2 Å². The highest BCUT2D eigenvalue weighted by Crippen LogP contribution is 2.54. The molecule has 4 nitrogen and oxygen atoms in total. The van der Waals surface area contributed by atoms with E-state index in [1.807, 2.05) is 24.3 Å². The topological polar surface area (TPSA) is 74.6 Å². The number of carboxylic acid groups (broad SMARTS) is 2. The zero-order valence-electron chi connectivity index (χ0n) is 18.3. The van der Waals surface area contributed by atoms with Gasteiger partial charge in [-0.3, -0.25) is 9.59 Å². The average molecular weight is 395 g/mol. The van der Waals surface area contributed by atoms with Crippen LogP contribution >= 0.6 is 0 Å². The maximum atomic E-state index is 12.2. The van der Waals surface area contributed by atoms with Crippen molar-refractivity contribution in [1.82, 2.24) is 0 Å². The lowest BCUT2D eigenvalue weighted by Gasteiger charge is -2.42. The summed E-state index contributed by atoms with van der Waals surface area (Å²) >= 11 is 0. The maximum absolute atomic E-state index is 12.2. The van der Waals surface area contributed by atoms with Crippen molar-refractivity contribution in [1.29, 1.82) is 0 Å². The zero-order valence-corrected chi connectivity index (χ0v) is 18.3. The van der Waals surface area contributed by atoms with Crippen LogP contribution in [0.3, 0.4) is 0 Å². The molecule has 4 heteroatoms. The van der Waals surface area contributed by atoms with Crippen LogP contribution in [0, 0.1) is 10.8 Å². The Balaban J connectivity index is 2.51. The fraction of sp³-hybridized carbons (Fsp3) is 0.440. The second-order valence-electron chi connectivity index (χ2n) is 10.2. The van der Waals surface area contributed by atoms with Crippen LogP contribution in [0.4, 0.5) is 0 Å². The molecule has 0 amide bonds. The fourth-order valence-corrected chi connectivity index (χ4v) is 4.45. The van der Waals surface area contributed by atoms with Gasteiger partial charge in [0, 0.05) is 5.92 Å². The van der Waals surface area contributed by atoms with E-state index in [-0.39, 0.29) is 5.41 Å². The van der Waals surface area contributed by atoms with Crippen molar-refractivity contribution >= 4 is 28.8 Å². The third kappa shape index (κ3) is 3.15. The molecule has 0 saturated carbocycles. The summed E-state index contributed by atoms with van der Waals surface area (Å²) in [6.45, 7) is 13.1. The van der Waals surface area contributed by atoms with Gasteiger partial charge in [0.25, 0.3) is 0 Å². The van der Waals surface area contributed by atoms with Crippen molar-refractivity contribution in [3.63, 3.8) is 0 Å². The van der Waals surface area contributed by atoms with Gasteiger partial charge in [-0.05, 0) is 66.1 Å². The van der Waals surface area contributed by atoms with E-state index in [1.165, 1.54) is 0 Å². The van der Waals surface area contributed by atoms with Crippen LogP contribution in [0.1, 0.15) is 71.1 Å². The van der Waals surface area contributed by atoms with Crippen molar-refractivity contribution in [2.45, 2.75) is 59.8 Å². The van der Waals surface area contributed by atoms with Crippen LogP contribution in [0.2, 0.25) is 0 Å². The molecule has 2 aromatic carbocycles. The number of rotatable bonds is 4. The van der Waals surface area contributed by atoms with Gasteiger partial charge in [0.1, 0.15) is 0 Å². The highest BCUT2D eigenvalue weighted by Gasteiger charge is 2.48. The van der Waals surface area contributed by atoms with Crippen molar-refractivity contribution in [2.24, 2.45) is 10.8 Å². The van der Waals surface area contributed by atoms with Crippen LogP contribution in [-0.2, 0) is 15.0 Å². The van der Waals surface area contributed by atoms with Gasteiger partial charge >= 0.3 is 11.9 Å². The number of benzene rings is 2. The van der Waals surface area contributed by atoms with Gasteiger partial charge in [-0.15, -0.1) is 0 Å². The Morgan fingerprint density at radius 3 is 2.00 bits per heavy atom. The van der Waals surface area contributed by atoms with E-state index in [0.29, 0.717) is 5.57 Å². The van der Waals surface area contributed by atoms with Crippen molar-refractivity contribution in [3.8, 4) is 0 Å².